The predicted octanol–water partition coefficient (Wildman–Crippen LogP) is 2.37. The number of phenols is 3. The van der Waals surface area contributed by atoms with Crippen LogP contribution in [0.25, 0.3) is 0 Å². The van der Waals surface area contributed by atoms with Crippen LogP contribution in [0.4, 0.5) is 0 Å². The standard InChI is InChI=1S/C34H35N3O11.ClH/c1-14-28(39)20(35)11-23(47-14)48-22-13-34(45,15(2)36-37-33(44)16-7-9-17(38)10-8-16)12-19-25(22)32(43)27-26(30(19)41)29(40)18-5-4-6-21(46-3)24(18)31(27)42;/h4-10,14,20,22-23,28,38-39,41,43,45H,11-13,35H2,1-3H3,(H,37,44);1H/b36-15+;. The maximum Gasteiger partial charge on any atom is 0.271 e. The third kappa shape index (κ3) is 6.11. The molecule has 6 unspecified atom stereocenters. The number of phenolic OH excluding ortho intramolecular Hbond substituents is 3. The summed E-state index contributed by atoms with van der Waals surface area (Å²) in [6.07, 6.45) is -4.68. The van der Waals surface area contributed by atoms with Crippen LogP contribution in [0.3, 0.4) is 0 Å². The molecule has 6 atom stereocenters. The molecule has 8 N–H and O–H groups in total. The zero-order chi connectivity index (χ0) is 34.7. The van der Waals surface area contributed by atoms with Crippen LogP contribution in [-0.4, -0.2) is 86.0 Å². The van der Waals surface area contributed by atoms with Crippen molar-refractivity contribution in [2.45, 2.75) is 69.4 Å². The van der Waals surface area contributed by atoms with Gasteiger partial charge in [0.25, 0.3) is 5.91 Å². The van der Waals surface area contributed by atoms with Crippen molar-refractivity contribution in [3.63, 3.8) is 0 Å². The Morgan fingerprint density at radius 3 is 2.37 bits per heavy atom. The van der Waals surface area contributed by atoms with E-state index >= 15 is 0 Å². The molecule has 0 radical (unpaired) electrons. The van der Waals surface area contributed by atoms with E-state index in [-0.39, 0.29) is 70.3 Å². The highest BCUT2D eigenvalue weighted by atomic mass is 35.5. The van der Waals surface area contributed by atoms with E-state index in [0.717, 1.165) is 0 Å². The summed E-state index contributed by atoms with van der Waals surface area (Å²) in [7, 11) is 1.33. The van der Waals surface area contributed by atoms with Gasteiger partial charge in [0.2, 0.25) is 5.78 Å². The number of aliphatic hydroxyl groups excluding tert-OH is 1. The number of ketones is 2. The highest BCUT2D eigenvalue weighted by molar-refractivity contribution is 6.31. The molecule has 6 rings (SSSR count). The quantitative estimate of drug-likeness (QED) is 0.0875. The molecule has 1 amide bonds. The maximum absolute atomic E-state index is 13.9. The Morgan fingerprint density at radius 1 is 1.04 bits per heavy atom. The molecular weight excluding hydrogens is 662 g/mol. The molecule has 0 bridgehead atoms. The van der Waals surface area contributed by atoms with Gasteiger partial charge in [0.15, 0.2) is 12.1 Å². The van der Waals surface area contributed by atoms with E-state index in [0.29, 0.717) is 0 Å². The molecule has 1 aliphatic heterocycles. The van der Waals surface area contributed by atoms with Crippen molar-refractivity contribution < 1.29 is 54.1 Å². The first-order valence-electron chi connectivity index (χ1n) is 15.2. The number of hydrazone groups is 1. The van der Waals surface area contributed by atoms with Crippen LogP contribution in [0.1, 0.15) is 86.1 Å². The number of fused-ring (bicyclic) bond motifs is 3. The van der Waals surface area contributed by atoms with Crippen LogP contribution in [0, 0.1) is 0 Å². The average molecular weight is 698 g/mol. The number of hydrogen-bond acceptors (Lipinski definition) is 13. The molecular formula is C34H36ClN3O11. The van der Waals surface area contributed by atoms with Crippen LogP contribution < -0.4 is 15.9 Å². The molecule has 1 heterocycles. The number of carbonyl (C=O) groups is 3. The molecule has 1 fully saturated rings. The van der Waals surface area contributed by atoms with Gasteiger partial charge in [-0.15, -0.1) is 12.4 Å². The van der Waals surface area contributed by atoms with Gasteiger partial charge in [-0.25, -0.2) is 5.43 Å². The molecule has 260 valence electrons. The molecule has 2 aliphatic carbocycles. The number of nitrogens with one attached hydrogen (secondary N) is 1. The van der Waals surface area contributed by atoms with Crippen LogP contribution >= 0.6 is 12.4 Å². The van der Waals surface area contributed by atoms with E-state index in [9.17, 15) is 39.9 Å². The van der Waals surface area contributed by atoms with Crippen LogP contribution in [0.2, 0.25) is 0 Å². The SMILES string of the molecule is COc1cccc2c1C(=O)c1c(O)c3c(c(O)c1C2=O)CC(O)(/C(C)=N/NC(=O)c1ccc(O)cc1)CC3OC1CC(N)C(O)C(C)O1.Cl. The van der Waals surface area contributed by atoms with Gasteiger partial charge in [0, 0.05) is 47.6 Å². The largest absolute Gasteiger partial charge is 0.508 e. The van der Waals surface area contributed by atoms with Gasteiger partial charge in [0.1, 0.15) is 28.6 Å². The minimum atomic E-state index is -1.93. The Balaban J connectivity index is 0.00000468. The monoisotopic (exact) mass is 697 g/mol. The minimum Gasteiger partial charge on any atom is -0.508 e. The van der Waals surface area contributed by atoms with Crippen LogP contribution in [0.15, 0.2) is 47.6 Å². The Kier molecular flexibility index (Phi) is 9.76. The third-order valence-corrected chi connectivity index (χ3v) is 9.27. The second kappa shape index (κ2) is 13.4. The van der Waals surface area contributed by atoms with Crippen molar-refractivity contribution in [2.24, 2.45) is 10.8 Å². The highest BCUT2D eigenvalue weighted by Gasteiger charge is 2.49. The van der Waals surface area contributed by atoms with E-state index < -0.39 is 82.8 Å². The van der Waals surface area contributed by atoms with Gasteiger partial charge in [-0.1, -0.05) is 12.1 Å². The third-order valence-electron chi connectivity index (χ3n) is 9.27. The van der Waals surface area contributed by atoms with E-state index in [1.807, 2.05) is 0 Å². The Hall–Kier alpha value is -4.57. The zero-order valence-corrected chi connectivity index (χ0v) is 27.5. The van der Waals surface area contributed by atoms with Gasteiger partial charge < -0.3 is 45.5 Å². The number of aromatic hydroxyl groups is 3. The number of nitrogens with two attached hydrogens (primary N) is 1. The Bertz CT molecular complexity index is 1850. The average Bonchev–Trinajstić information content (AvgIpc) is 3.06. The maximum atomic E-state index is 13.9. The molecule has 1 saturated heterocycles. The molecule has 0 aromatic heterocycles. The molecule has 0 spiro atoms. The fourth-order valence-electron chi connectivity index (χ4n) is 6.58. The summed E-state index contributed by atoms with van der Waals surface area (Å²) in [5, 5.41) is 59.5. The lowest BCUT2D eigenvalue weighted by atomic mass is 9.71. The second-order valence-corrected chi connectivity index (χ2v) is 12.3. The molecule has 49 heavy (non-hydrogen) atoms. The number of rotatable bonds is 6. The first-order valence-corrected chi connectivity index (χ1v) is 15.2. The fraction of sp³-hybridized carbons (Fsp3) is 0.353. The van der Waals surface area contributed by atoms with Crippen LogP contribution in [-0.2, 0) is 15.9 Å². The number of ether oxygens (including phenoxy) is 3. The smallest absolute Gasteiger partial charge is 0.271 e. The number of aliphatic hydroxyl groups is 2. The molecule has 3 aromatic carbocycles. The van der Waals surface area contributed by atoms with Crippen molar-refractivity contribution in [3.8, 4) is 23.0 Å². The minimum absolute atomic E-state index is 0. The van der Waals surface area contributed by atoms with Crippen molar-refractivity contribution >= 4 is 35.6 Å². The summed E-state index contributed by atoms with van der Waals surface area (Å²) in [5.74, 6) is -3.32. The summed E-state index contributed by atoms with van der Waals surface area (Å²) >= 11 is 0. The van der Waals surface area contributed by atoms with Gasteiger partial charge in [0.05, 0.1) is 47.8 Å². The van der Waals surface area contributed by atoms with Gasteiger partial charge in [-0.2, -0.15) is 5.10 Å². The molecule has 3 aromatic rings. The summed E-state index contributed by atoms with van der Waals surface area (Å²) < 4.78 is 17.4. The van der Waals surface area contributed by atoms with Crippen LogP contribution in [0.5, 0.6) is 23.0 Å². The summed E-state index contributed by atoms with van der Waals surface area (Å²) in [5.41, 5.74) is 5.61. The predicted molar refractivity (Wildman–Crippen MR) is 176 cm³/mol. The number of benzene rings is 3. The van der Waals surface area contributed by atoms with E-state index in [1.54, 1.807) is 6.92 Å². The molecule has 3 aliphatic rings. The first-order chi connectivity index (χ1) is 22.7. The van der Waals surface area contributed by atoms with E-state index in [2.05, 4.69) is 10.5 Å². The lowest BCUT2D eigenvalue weighted by Crippen LogP contribution is -2.52. The Morgan fingerprint density at radius 2 is 1.71 bits per heavy atom. The van der Waals surface area contributed by atoms with Crippen molar-refractivity contribution in [3.05, 3.63) is 81.4 Å². The summed E-state index contributed by atoms with van der Waals surface area (Å²) in [6.45, 7) is 3.05. The molecule has 14 nitrogen and oxygen atoms in total. The number of amides is 1. The van der Waals surface area contributed by atoms with Gasteiger partial charge in [-0.05, 0) is 44.2 Å². The number of nitrogens with zero attached hydrogens (tertiary/aromatic N) is 1. The fourth-order valence-corrected chi connectivity index (χ4v) is 6.58. The number of methoxy groups -OCH3 is 1. The zero-order valence-electron chi connectivity index (χ0n) is 26.7. The molecule has 15 heteroatoms. The Labute approximate surface area is 286 Å². The number of halogens is 1. The number of carbonyl (C=O) groups excluding carboxylic acids is 3. The van der Waals surface area contributed by atoms with Crippen molar-refractivity contribution in [1.82, 2.24) is 5.43 Å². The van der Waals surface area contributed by atoms with E-state index in [1.165, 1.54) is 56.5 Å². The second-order valence-electron chi connectivity index (χ2n) is 12.3. The highest BCUT2D eigenvalue weighted by Crippen LogP contribution is 2.52. The number of hydrogen-bond donors (Lipinski definition) is 7. The van der Waals surface area contributed by atoms with E-state index in [4.69, 9.17) is 19.9 Å². The summed E-state index contributed by atoms with van der Waals surface area (Å²) in [4.78, 5) is 40.4. The first kappa shape index (κ1) is 35.7. The lowest BCUT2D eigenvalue weighted by Gasteiger charge is -2.42. The normalized spacial score (nSPS) is 26.2. The topological polar surface area (TPSA) is 230 Å². The van der Waals surface area contributed by atoms with Gasteiger partial charge in [-0.3, -0.25) is 14.4 Å². The summed E-state index contributed by atoms with van der Waals surface area (Å²) in [6, 6.07) is 9.12. The van der Waals surface area contributed by atoms with Crippen molar-refractivity contribution in [1.29, 1.82) is 0 Å². The molecule has 0 saturated carbocycles. The van der Waals surface area contributed by atoms with Gasteiger partial charge >= 0.3 is 0 Å². The lowest BCUT2D eigenvalue weighted by molar-refractivity contribution is -0.245. The van der Waals surface area contributed by atoms with Crippen molar-refractivity contribution in [2.75, 3.05) is 7.11 Å².